The minimum absolute atomic E-state index is 0.201. The lowest BCUT2D eigenvalue weighted by Crippen LogP contribution is -2.32. The van der Waals surface area contributed by atoms with Crippen molar-refractivity contribution in [1.29, 1.82) is 0 Å². The molecule has 0 saturated heterocycles. The van der Waals surface area contributed by atoms with E-state index < -0.39 is 23.6 Å². The number of benzene rings is 2. The fourth-order valence-corrected chi connectivity index (χ4v) is 3.70. The number of carbonyl (C=O) groups is 1. The van der Waals surface area contributed by atoms with Crippen LogP contribution in [0.3, 0.4) is 0 Å². The number of anilines is 1. The Morgan fingerprint density at radius 1 is 0.966 bits per heavy atom. The van der Waals surface area contributed by atoms with Crippen LogP contribution in [0.2, 0.25) is 0 Å². The van der Waals surface area contributed by atoms with Crippen LogP contribution in [0.25, 0.3) is 0 Å². The molecular weight excluding hydrogens is 372 g/mol. The van der Waals surface area contributed by atoms with E-state index in [0.717, 1.165) is 25.7 Å². The Hall–Kier alpha value is -2.43. The second kappa shape index (κ2) is 11.5. The largest absolute Gasteiger partial charge is 0.460 e. The molecule has 0 spiro atoms. The molecule has 5 heteroatoms. The van der Waals surface area contributed by atoms with E-state index in [1.807, 2.05) is 6.92 Å². The molecule has 0 aliphatic rings. The highest BCUT2D eigenvalue weighted by Crippen LogP contribution is 2.27. The van der Waals surface area contributed by atoms with Gasteiger partial charge in [-0.15, -0.1) is 0 Å². The van der Waals surface area contributed by atoms with Crippen molar-refractivity contribution in [3.05, 3.63) is 65.7 Å². The Bertz CT molecular complexity index is 775. The molecule has 0 aliphatic carbocycles. The smallest absolute Gasteiger partial charge is 0.333 e. The normalized spacial score (nSPS) is 13.2. The van der Waals surface area contributed by atoms with Crippen molar-refractivity contribution >= 4 is 11.7 Å². The van der Waals surface area contributed by atoms with Gasteiger partial charge in [-0.25, -0.2) is 13.6 Å². The van der Waals surface area contributed by atoms with Crippen LogP contribution in [0.4, 0.5) is 14.5 Å². The Labute approximate surface area is 172 Å². The summed E-state index contributed by atoms with van der Waals surface area (Å²) in [5, 5.41) is 3.01. The summed E-state index contributed by atoms with van der Waals surface area (Å²) in [4.78, 5) is 13.1. The second-order valence-electron chi connectivity index (χ2n) is 7.36. The lowest BCUT2D eigenvalue weighted by molar-refractivity contribution is -0.153. The predicted molar refractivity (Wildman–Crippen MR) is 113 cm³/mol. The van der Waals surface area contributed by atoms with Gasteiger partial charge in [0.15, 0.2) is 6.04 Å². The fraction of sp³-hybridized carbons (Fsp3) is 0.458. The van der Waals surface area contributed by atoms with Gasteiger partial charge in [0, 0.05) is 5.69 Å². The van der Waals surface area contributed by atoms with E-state index >= 15 is 0 Å². The van der Waals surface area contributed by atoms with Crippen LogP contribution in [0.15, 0.2) is 48.5 Å². The van der Waals surface area contributed by atoms with E-state index in [9.17, 15) is 13.6 Å². The molecule has 158 valence electrons. The first kappa shape index (κ1) is 22.9. The van der Waals surface area contributed by atoms with Crippen molar-refractivity contribution in [3.63, 3.8) is 0 Å². The summed E-state index contributed by atoms with van der Waals surface area (Å²) in [5.74, 6) is -1.05. The molecule has 2 rings (SSSR count). The van der Waals surface area contributed by atoms with Gasteiger partial charge in [0.1, 0.15) is 17.7 Å². The van der Waals surface area contributed by atoms with E-state index in [2.05, 4.69) is 19.2 Å². The fourth-order valence-electron chi connectivity index (χ4n) is 3.70. The third-order valence-electron chi connectivity index (χ3n) is 5.07. The summed E-state index contributed by atoms with van der Waals surface area (Å²) >= 11 is 0. The van der Waals surface area contributed by atoms with Gasteiger partial charge >= 0.3 is 5.97 Å². The summed E-state index contributed by atoms with van der Waals surface area (Å²) in [6.07, 6.45) is 4.53. The van der Waals surface area contributed by atoms with Gasteiger partial charge in [0.2, 0.25) is 0 Å². The third-order valence-corrected chi connectivity index (χ3v) is 5.07. The quantitative estimate of drug-likeness (QED) is 0.427. The third kappa shape index (κ3) is 6.84. The van der Waals surface area contributed by atoms with Gasteiger partial charge in [-0.3, -0.25) is 0 Å². The number of ether oxygens (including phenoxy) is 1. The van der Waals surface area contributed by atoms with Gasteiger partial charge in [0.05, 0.1) is 0 Å². The Kier molecular flexibility index (Phi) is 9.10. The Morgan fingerprint density at radius 3 is 2.14 bits per heavy atom. The van der Waals surface area contributed by atoms with E-state index in [0.29, 0.717) is 23.6 Å². The van der Waals surface area contributed by atoms with Crippen LogP contribution in [-0.4, -0.2) is 12.1 Å². The molecular formula is C24H31F2NO2. The zero-order valence-electron chi connectivity index (χ0n) is 17.5. The minimum Gasteiger partial charge on any atom is -0.460 e. The van der Waals surface area contributed by atoms with Gasteiger partial charge < -0.3 is 10.1 Å². The first-order valence-corrected chi connectivity index (χ1v) is 10.5. The maximum absolute atomic E-state index is 13.8. The minimum atomic E-state index is -0.926. The number of hydrogen-bond donors (Lipinski definition) is 1. The SMILES string of the molecule is CCCC(CCC)[C@H](CC)OC(=O)[C@H](Nc1cccc(F)c1)c1cccc(F)c1. The van der Waals surface area contributed by atoms with Crippen LogP contribution in [0.5, 0.6) is 0 Å². The molecule has 0 heterocycles. The topological polar surface area (TPSA) is 38.3 Å². The zero-order valence-corrected chi connectivity index (χ0v) is 17.5. The molecule has 0 aromatic heterocycles. The molecule has 0 fully saturated rings. The number of hydrogen-bond acceptors (Lipinski definition) is 3. The van der Waals surface area contributed by atoms with Crippen molar-refractivity contribution in [2.45, 2.75) is 65.0 Å². The molecule has 2 aromatic carbocycles. The summed E-state index contributed by atoms with van der Waals surface area (Å²) in [6.45, 7) is 6.25. The maximum atomic E-state index is 13.8. The van der Waals surface area contributed by atoms with Crippen molar-refractivity contribution in [1.82, 2.24) is 0 Å². The first-order chi connectivity index (χ1) is 14.0. The average Bonchev–Trinajstić information content (AvgIpc) is 2.70. The molecule has 0 radical (unpaired) electrons. The highest BCUT2D eigenvalue weighted by Gasteiger charge is 2.28. The molecule has 2 aromatic rings. The van der Waals surface area contributed by atoms with Gasteiger partial charge in [0.25, 0.3) is 0 Å². The first-order valence-electron chi connectivity index (χ1n) is 10.5. The summed E-state index contributed by atoms with van der Waals surface area (Å²) in [7, 11) is 0. The van der Waals surface area contributed by atoms with Crippen LogP contribution in [-0.2, 0) is 9.53 Å². The van der Waals surface area contributed by atoms with Crippen LogP contribution < -0.4 is 5.32 Å². The number of carbonyl (C=O) groups excluding carboxylic acids is 1. The van der Waals surface area contributed by atoms with Crippen molar-refractivity contribution in [2.24, 2.45) is 5.92 Å². The second-order valence-corrected chi connectivity index (χ2v) is 7.36. The Balaban J connectivity index is 2.27. The monoisotopic (exact) mass is 403 g/mol. The molecule has 2 atom stereocenters. The molecule has 1 N–H and O–H groups in total. The number of nitrogens with one attached hydrogen (secondary N) is 1. The number of halogens is 2. The lowest BCUT2D eigenvalue weighted by atomic mass is 9.91. The van der Waals surface area contributed by atoms with Crippen LogP contribution in [0, 0.1) is 17.6 Å². The van der Waals surface area contributed by atoms with E-state index in [4.69, 9.17) is 4.74 Å². The zero-order chi connectivity index (χ0) is 21.2. The number of rotatable bonds is 11. The van der Waals surface area contributed by atoms with E-state index in [1.165, 1.54) is 24.3 Å². The summed E-state index contributed by atoms with van der Waals surface area (Å²) < 4.78 is 33.3. The maximum Gasteiger partial charge on any atom is 0.333 e. The molecule has 0 aliphatic heterocycles. The van der Waals surface area contributed by atoms with Crippen molar-refractivity contribution in [2.75, 3.05) is 5.32 Å². The summed E-state index contributed by atoms with van der Waals surface area (Å²) in [5.41, 5.74) is 0.875. The highest BCUT2D eigenvalue weighted by molar-refractivity contribution is 5.81. The molecule has 3 nitrogen and oxygen atoms in total. The summed E-state index contributed by atoms with van der Waals surface area (Å²) in [6, 6.07) is 10.8. The van der Waals surface area contributed by atoms with Gasteiger partial charge in [-0.2, -0.15) is 0 Å². The standard InChI is InChI=1S/C24H31F2NO2/c1-4-9-17(10-5-2)22(6-3)29-24(28)23(18-11-7-12-19(25)15-18)27-21-14-8-13-20(26)16-21/h7-8,11-17,22-23,27H,4-6,9-10H2,1-3H3/t22-,23+/m0/s1. The van der Waals surface area contributed by atoms with E-state index in [-0.39, 0.29) is 6.10 Å². The predicted octanol–water partition coefficient (Wildman–Crippen LogP) is 6.66. The number of esters is 1. The molecule has 0 saturated carbocycles. The molecule has 29 heavy (non-hydrogen) atoms. The lowest BCUT2D eigenvalue weighted by Gasteiger charge is -2.28. The molecule has 0 amide bonds. The molecule has 0 bridgehead atoms. The van der Waals surface area contributed by atoms with Crippen LogP contribution in [0.1, 0.15) is 64.5 Å². The highest BCUT2D eigenvalue weighted by atomic mass is 19.1. The van der Waals surface area contributed by atoms with Crippen LogP contribution >= 0.6 is 0 Å². The Morgan fingerprint density at radius 2 is 1.59 bits per heavy atom. The van der Waals surface area contributed by atoms with Crippen molar-refractivity contribution < 1.29 is 18.3 Å². The van der Waals surface area contributed by atoms with Crippen molar-refractivity contribution in [3.8, 4) is 0 Å². The van der Waals surface area contributed by atoms with Gasteiger partial charge in [-0.05, 0) is 61.1 Å². The van der Waals surface area contributed by atoms with E-state index in [1.54, 1.807) is 24.3 Å². The van der Waals surface area contributed by atoms with Gasteiger partial charge in [-0.1, -0.05) is 51.8 Å². The average molecular weight is 404 g/mol. The molecule has 0 unspecified atom stereocenters.